The summed E-state index contributed by atoms with van der Waals surface area (Å²) in [5, 5.41) is 10.3. The molecule has 2 aromatic rings. The van der Waals surface area contributed by atoms with Gasteiger partial charge in [0.1, 0.15) is 11.5 Å². The summed E-state index contributed by atoms with van der Waals surface area (Å²) in [6, 6.07) is 7.76. The van der Waals surface area contributed by atoms with E-state index in [4.69, 9.17) is 16.3 Å². The molecule has 0 spiro atoms. The number of rotatable bonds is 3. The van der Waals surface area contributed by atoms with E-state index in [-0.39, 0.29) is 51.8 Å². The van der Waals surface area contributed by atoms with Gasteiger partial charge in [-0.3, -0.25) is 10.1 Å². The summed E-state index contributed by atoms with van der Waals surface area (Å²) in [5.41, 5.74) is -1.01. The molecule has 0 atom stereocenters. The fourth-order valence-electron chi connectivity index (χ4n) is 1.52. The van der Waals surface area contributed by atoms with Crippen LogP contribution in [-0.4, -0.2) is 4.92 Å². The SMILES string of the molecule is O=[N+]([O-])c1ccc(Oc2ccc(C(F)(F)F)cc2Cl)cc1.[Na+]. The Morgan fingerprint density at radius 1 is 1.09 bits per heavy atom. The maximum atomic E-state index is 12.5. The van der Waals surface area contributed by atoms with E-state index >= 15 is 0 Å². The molecule has 22 heavy (non-hydrogen) atoms. The van der Waals surface area contributed by atoms with Crippen LogP contribution in [-0.2, 0) is 6.18 Å². The topological polar surface area (TPSA) is 52.4 Å². The second-order valence-corrected chi connectivity index (χ2v) is 4.40. The molecule has 0 heterocycles. The van der Waals surface area contributed by atoms with Crippen LogP contribution in [0.3, 0.4) is 0 Å². The molecule has 9 heteroatoms. The monoisotopic (exact) mass is 340 g/mol. The first-order valence-corrected chi connectivity index (χ1v) is 5.94. The van der Waals surface area contributed by atoms with E-state index in [1.165, 1.54) is 24.3 Å². The van der Waals surface area contributed by atoms with Crippen LogP contribution in [0.5, 0.6) is 11.5 Å². The molecule has 0 amide bonds. The molecule has 4 nitrogen and oxygen atoms in total. The first-order valence-electron chi connectivity index (χ1n) is 5.56. The van der Waals surface area contributed by atoms with Crippen LogP contribution in [0, 0.1) is 10.1 Å². The number of alkyl halides is 3. The molecular formula is C13H7ClF3NNaO3+. The van der Waals surface area contributed by atoms with E-state index in [1.807, 2.05) is 0 Å². The Kier molecular flexibility index (Phi) is 6.25. The number of hydrogen-bond donors (Lipinski definition) is 0. The molecule has 0 saturated heterocycles. The summed E-state index contributed by atoms with van der Waals surface area (Å²) in [4.78, 5) is 9.92. The molecule has 0 saturated carbocycles. The van der Waals surface area contributed by atoms with Gasteiger partial charge in [0.2, 0.25) is 0 Å². The molecule has 0 aromatic heterocycles. The number of nitro groups is 1. The molecule has 0 aliphatic heterocycles. The summed E-state index contributed by atoms with van der Waals surface area (Å²) in [5.74, 6) is 0.251. The van der Waals surface area contributed by atoms with Gasteiger partial charge < -0.3 is 4.74 Å². The minimum absolute atomic E-state index is 0. The second kappa shape index (κ2) is 7.32. The summed E-state index contributed by atoms with van der Waals surface area (Å²) in [6.45, 7) is 0. The summed E-state index contributed by atoms with van der Waals surface area (Å²) in [6.07, 6.45) is -4.49. The fraction of sp³-hybridized carbons (Fsp3) is 0.0769. The van der Waals surface area contributed by atoms with Crippen molar-refractivity contribution in [3.63, 3.8) is 0 Å². The van der Waals surface area contributed by atoms with Crippen LogP contribution in [0.4, 0.5) is 18.9 Å². The van der Waals surface area contributed by atoms with Gasteiger partial charge in [-0.25, -0.2) is 0 Å². The van der Waals surface area contributed by atoms with Crippen LogP contribution in [0.15, 0.2) is 42.5 Å². The van der Waals surface area contributed by atoms with Crippen molar-refractivity contribution in [2.24, 2.45) is 0 Å². The first-order chi connectivity index (χ1) is 9.77. The van der Waals surface area contributed by atoms with E-state index < -0.39 is 16.7 Å². The first kappa shape index (κ1) is 18.8. The van der Waals surface area contributed by atoms with Gasteiger partial charge in [-0.05, 0) is 30.3 Å². The third-order valence-corrected chi connectivity index (χ3v) is 2.83. The third kappa shape index (κ3) is 4.61. The van der Waals surface area contributed by atoms with Gasteiger partial charge in [0, 0.05) is 12.1 Å². The molecule has 110 valence electrons. The number of hydrogen-bond acceptors (Lipinski definition) is 3. The summed E-state index contributed by atoms with van der Waals surface area (Å²) >= 11 is 5.73. The molecule has 0 aliphatic rings. The van der Waals surface area contributed by atoms with E-state index in [2.05, 4.69) is 0 Å². The summed E-state index contributed by atoms with van der Waals surface area (Å²) in [7, 11) is 0. The van der Waals surface area contributed by atoms with Gasteiger partial charge in [0.05, 0.1) is 15.5 Å². The molecule has 0 bridgehead atoms. The van der Waals surface area contributed by atoms with Crippen molar-refractivity contribution in [1.82, 2.24) is 0 Å². The third-order valence-electron chi connectivity index (χ3n) is 2.53. The van der Waals surface area contributed by atoms with Crippen LogP contribution < -0.4 is 34.3 Å². The predicted molar refractivity (Wildman–Crippen MR) is 69.6 cm³/mol. The van der Waals surface area contributed by atoms with Gasteiger partial charge in [0.25, 0.3) is 5.69 Å². The van der Waals surface area contributed by atoms with Crippen molar-refractivity contribution >= 4 is 17.3 Å². The van der Waals surface area contributed by atoms with Crippen LogP contribution in [0.1, 0.15) is 5.56 Å². The van der Waals surface area contributed by atoms with Crippen LogP contribution in [0.2, 0.25) is 5.02 Å². The Morgan fingerprint density at radius 2 is 1.68 bits per heavy atom. The van der Waals surface area contributed by atoms with Gasteiger partial charge in [-0.1, -0.05) is 11.6 Å². The van der Waals surface area contributed by atoms with Crippen molar-refractivity contribution in [2.45, 2.75) is 6.18 Å². The zero-order valence-electron chi connectivity index (χ0n) is 11.2. The molecule has 0 radical (unpaired) electrons. The number of nitro benzene ring substituents is 1. The van der Waals surface area contributed by atoms with Crippen LogP contribution in [0.25, 0.3) is 0 Å². The van der Waals surface area contributed by atoms with Crippen molar-refractivity contribution in [2.75, 3.05) is 0 Å². The van der Waals surface area contributed by atoms with E-state index in [0.717, 1.165) is 18.2 Å². The molecule has 0 fully saturated rings. The number of non-ortho nitro benzene ring substituents is 1. The zero-order valence-corrected chi connectivity index (χ0v) is 14.0. The molecule has 0 aliphatic carbocycles. The minimum Gasteiger partial charge on any atom is -0.456 e. The predicted octanol–water partition coefficient (Wildman–Crippen LogP) is 2.06. The molecule has 0 N–H and O–H groups in total. The maximum Gasteiger partial charge on any atom is 1.00 e. The van der Waals surface area contributed by atoms with Gasteiger partial charge in [-0.2, -0.15) is 13.2 Å². The Labute approximate surface area is 150 Å². The largest absolute Gasteiger partial charge is 1.00 e. The van der Waals surface area contributed by atoms with Crippen molar-refractivity contribution in [1.29, 1.82) is 0 Å². The molecular weight excluding hydrogens is 334 g/mol. The smallest absolute Gasteiger partial charge is 0.456 e. The molecule has 2 aromatic carbocycles. The Morgan fingerprint density at radius 3 is 2.14 bits per heavy atom. The van der Waals surface area contributed by atoms with Crippen molar-refractivity contribution in [3.8, 4) is 11.5 Å². The maximum absolute atomic E-state index is 12.5. The van der Waals surface area contributed by atoms with Crippen molar-refractivity contribution in [3.05, 3.63) is 63.2 Å². The second-order valence-electron chi connectivity index (χ2n) is 4.00. The van der Waals surface area contributed by atoms with Crippen LogP contribution >= 0.6 is 11.6 Å². The van der Waals surface area contributed by atoms with E-state index in [1.54, 1.807) is 0 Å². The summed E-state index contributed by atoms with van der Waals surface area (Å²) < 4.78 is 42.7. The van der Waals surface area contributed by atoms with E-state index in [9.17, 15) is 23.3 Å². The Hall–Kier alpha value is -1.28. The minimum atomic E-state index is -4.49. The molecule has 2 rings (SSSR count). The van der Waals surface area contributed by atoms with E-state index in [0.29, 0.717) is 0 Å². The Bertz CT molecular complexity index is 677. The average molecular weight is 341 g/mol. The zero-order chi connectivity index (χ0) is 15.6. The standard InChI is InChI=1S/C13H7ClF3NO3.Na/c14-11-7-8(13(15,16)17)1-6-12(11)21-10-4-2-9(3-5-10)18(19)20;/h1-7H;/q;+1. The number of ether oxygens (including phenoxy) is 1. The van der Waals surface area contributed by atoms with Gasteiger partial charge in [-0.15, -0.1) is 0 Å². The average Bonchev–Trinajstić information content (AvgIpc) is 2.40. The Balaban J connectivity index is 0.00000242. The normalized spacial score (nSPS) is 10.7. The quantitative estimate of drug-likeness (QED) is 0.488. The van der Waals surface area contributed by atoms with Gasteiger partial charge in [0.15, 0.2) is 0 Å². The van der Waals surface area contributed by atoms with Crippen molar-refractivity contribution < 1.29 is 52.4 Å². The molecule has 0 unspecified atom stereocenters. The number of halogens is 4. The number of nitrogens with zero attached hydrogens (tertiary/aromatic N) is 1. The number of benzene rings is 2. The fourth-order valence-corrected chi connectivity index (χ4v) is 1.74. The van der Waals surface area contributed by atoms with Gasteiger partial charge >= 0.3 is 35.7 Å².